The van der Waals surface area contributed by atoms with Gasteiger partial charge in [-0.1, -0.05) is 60.2 Å². The predicted molar refractivity (Wildman–Crippen MR) is 126 cm³/mol. The molecule has 0 fully saturated rings. The van der Waals surface area contributed by atoms with Crippen LogP contribution in [0.25, 0.3) is 11.3 Å². The number of aryl methyl sites for hydroxylation is 1. The third-order valence-electron chi connectivity index (χ3n) is 5.33. The Kier molecular flexibility index (Phi) is 6.12. The summed E-state index contributed by atoms with van der Waals surface area (Å²) in [5.74, 6) is -0.256. The maximum atomic E-state index is 13.0. The summed E-state index contributed by atoms with van der Waals surface area (Å²) in [5, 5.41) is 9.96. The van der Waals surface area contributed by atoms with E-state index in [4.69, 9.17) is 0 Å². The highest BCUT2D eigenvalue weighted by Gasteiger charge is 2.20. The summed E-state index contributed by atoms with van der Waals surface area (Å²) in [6.45, 7) is 2.40. The van der Waals surface area contributed by atoms with Crippen molar-refractivity contribution in [3.63, 3.8) is 0 Å². The largest absolute Gasteiger partial charge is 0.348 e. The molecule has 0 aliphatic carbocycles. The van der Waals surface area contributed by atoms with Crippen LogP contribution in [-0.4, -0.2) is 29.1 Å². The van der Waals surface area contributed by atoms with E-state index in [9.17, 15) is 9.59 Å². The van der Waals surface area contributed by atoms with Gasteiger partial charge in [0.2, 0.25) is 0 Å². The van der Waals surface area contributed by atoms with Gasteiger partial charge in [-0.3, -0.25) is 14.7 Å². The van der Waals surface area contributed by atoms with Crippen molar-refractivity contribution in [1.29, 1.82) is 0 Å². The van der Waals surface area contributed by atoms with E-state index in [-0.39, 0.29) is 11.8 Å². The lowest BCUT2D eigenvalue weighted by molar-refractivity contribution is 0.0949. The standard InChI is InChI=1S/C26H24N4O2/c1-18-8-12-21(13-9-18)25(31)27-16-19-10-14-20(15-11-19)24-23(17-28-29-24)26(32)30(2)22-6-4-3-5-7-22/h3-15,17H,16H2,1-2H3,(H,27,31)(H,28,29). The second-order valence-electron chi connectivity index (χ2n) is 7.60. The van der Waals surface area contributed by atoms with Gasteiger partial charge in [-0.15, -0.1) is 0 Å². The van der Waals surface area contributed by atoms with Crippen LogP contribution in [0.1, 0.15) is 31.8 Å². The number of benzene rings is 3. The summed E-state index contributed by atoms with van der Waals surface area (Å²) in [4.78, 5) is 26.9. The number of nitrogens with zero attached hydrogens (tertiary/aromatic N) is 2. The average Bonchev–Trinajstić information content (AvgIpc) is 3.33. The quantitative estimate of drug-likeness (QED) is 0.475. The van der Waals surface area contributed by atoms with Gasteiger partial charge in [0.25, 0.3) is 11.8 Å². The number of anilines is 1. The highest BCUT2D eigenvalue weighted by Crippen LogP contribution is 2.24. The minimum atomic E-state index is -0.144. The number of amides is 2. The van der Waals surface area contributed by atoms with Crippen molar-refractivity contribution in [3.05, 3.63) is 107 Å². The zero-order chi connectivity index (χ0) is 22.5. The van der Waals surface area contributed by atoms with Gasteiger partial charge in [-0.05, 0) is 36.8 Å². The van der Waals surface area contributed by atoms with Gasteiger partial charge >= 0.3 is 0 Å². The Balaban J connectivity index is 1.45. The van der Waals surface area contributed by atoms with Crippen LogP contribution >= 0.6 is 0 Å². The first kappa shape index (κ1) is 21.1. The van der Waals surface area contributed by atoms with Gasteiger partial charge < -0.3 is 10.2 Å². The molecule has 0 saturated carbocycles. The number of nitrogens with one attached hydrogen (secondary N) is 2. The first-order valence-corrected chi connectivity index (χ1v) is 10.3. The second-order valence-corrected chi connectivity index (χ2v) is 7.60. The molecule has 1 heterocycles. The molecule has 0 spiro atoms. The first-order valence-electron chi connectivity index (χ1n) is 10.3. The van der Waals surface area contributed by atoms with E-state index in [1.54, 1.807) is 18.1 Å². The van der Waals surface area contributed by atoms with E-state index in [0.717, 1.165) is 22.4 Å². The van der Waals surface area contributed by atoms with Crippen molar-refractivity contribution >= 4 is 17.5 Å². The number of carbonyl (C=O) groups excluding carboxylic acids is 2. The number of aromatic amines is 1. The normalized spacial score (nSPS) is 10.6. The number of hydrogen-bond acceptors (Lipinski definition) is 3. The SMILES string of the molecule is Cc1ccc(C(=O)NCc2ccc(-c3[nH]ncc3C(=O)N(C)c3ccccc3)cc2)cc1. The van der Waals surface area contributed by atoms with Crippen molar-refractivity contribution < 1.29 is 9.59 Å². The molecule has 3 aromatic carbocycles. The van der Waals surface area contributed by atoms with Gasteiger partial charge in [0.05, 0.1) is 17.5 Å². The van der Waals surface area contributed by atoms with Crippen LogP contribution in [0.4, 0.5) is 5.69 Å². The maximum absolute atomic E-state index is 13.0. The van der Waals surface area contributed by atoms with Crippen LogP contribution < -0.4 is 10.2 Å². The molecule has 160 valence electrons. The van der Waals surface area contributed by atoms with Crippen molar-refractivity contribution in [1.82, 2.24) is 15.5 Å². The lowest BCUT2D eigenvalue weighted by atomic mass is 10.0. The molecular weight excluding hydrogens is 400 g/mol. The maximum Gasteiger partial charge on any atom is 0.261 e. The number of rotatable bonds is 6. The summed E-state index contributed by atoms with van der Waals surface area (Å²) in [7, 11) is 1.74. The van der Waals surface area contributed by atoms with Crippen LogP contribution in [-0.2, 0) is 6.54 Å². The fraction of sp³-hybridized carbons (Fsp3) is 0.115. The Labute approximate surface area is 186 Å². The number of hydrogen-bond donors (Lipinski definition) is 2. The molecule has 4 aromatic rings. The minimum absolute atomic E-state index is 0.112. The molecule has 0 bridgehead atoms. The highest BCUT2D eigenvalue weighted by atomic mass is 16.2. The minimum Gasteiger partial charge on any atom is -0.348 e. The Morgan fingerprint density at radius 2 is 1.62 bits per heavy atom. The summed E-state index contributed by atoms with van der Waals surface area (Å²) < 4.78 is 0. The molecule has 0 radical (unpaired) electrons. The Morgan fingerprint density at radius 3 is 2.31 bits per heavy atom. The number of H-pyrrole nitrogens is 1. The molecular formula is C26H24N4O2. The Hall–Kier alpha value is -4.19. The molecule has 0 saturated heterocycles. The lowest BCUT2D eigenvalue weighted by Crippen LogP contribution is -2.26. The molecule has 6 nitrogen and oxygen atoms in total. The van der Waals surface area contributed by atoms with E-state index >= 15 is 0 Å². The predicted octanol–water partition coefficient (Wildman–Crippen LogP) is 4.59. The van der Waals surface area contributed by atoms with Gasteiger partial charge in [0, 0.05) is 30.4 Å². The van der Waals surface area contributed by atoms with E-state index in [2.05, 4.69) is 15.5 Å². The van der Waals surface area contributed by atoms with E-state index < -0.39 is 0 Å². The molecule has 32 heavy (non-hydrogen) atoms. The molecule has 4 rings (SSSR count). The number of para-hydroxylation sites is 1. The van der Waals surface area contributed by atoms with Crippen LogP contribution in [0.2, 0.25) is 0 Å². The van der Waals surface area contributed by atoms with Crippen molar-refractivity contribution in [2.45, 2.75) is 13.5 Å². The molecule has 0 aliphatic rings. The van der Waals surface area contributed by atoms with Crippen molar-refractivity contribution in [2.24, 2.45) is 0 Å². The first-order chi connectivity index (χ1) is 15.5. The van der Waals surface area contributed by atoms with Crippen LogP contribution in [0.15, 0.2) is 85.1 Å². The topological polar surface area (TPSA) is 78.1 Å². The van der Waals surface area contributed by atoms with Gasteiger partial charge in [-0.2, -0.15) is 5.10 Å². The third-order valence-corrected chi connectivity index (χ3v) is 5.33. The Bertz CT molecular complexity index is 1210. The fourth-order valence-electron chi connectivity index (χ4n) is 3.40. The van der Waals surface area contributed by atoms with Gasteiger partial charge in [-0.25, -0.2) is 0 Å². The zero-order valence-electron chi connectivity index (χ0n) is 18.0. The number of aromatic nitrogens is 2. The average molecular weight is 425 g/mol. The van der Waals surface area contributed by atoms with Gasteiger partial charge in [0.15, 0.2) is 0 Å². The third kappa shape index (κ3) is 4.59. The van der Waals surface area contributed by atoms with E-state index in [1.807, 2.05) is 85.8 Å². The molecule has 0 unspecified atom stereocenters. The molecule has 6 heteroatoms. The molecule has 2 N–H and O–H groups in total. The smallest absolute Gasteiger partial charge is 0.261 e. The van der Waals surface area contributed by atoms with Gasteiger partial charge in [0.1, 0.15) is 0 Å². The summed E-state index contributed by atoms with van der Waals surface area (Å²) in [6.07, 6.45) is 1.55. The lowest BCUT2D eigenvalue weighted by Gasteiger charge is -2.17. The van der Waals surface area contributed by atoms with Crippen LogP contribution in [0, 0.1) is 6.92 Å². The Morgan fingerprint density at radius 1 is 0.938 bits per heavy atom. The zero-order valence-corrected chi connectivity index (χ0v) is 18.0. The van der Waals surface area contributed by atoms with Crippen LogP contribution in [0.3, 0.4) is 0 Å². The highest BCUT2D eigenvalue weighted by molar-refractivity contribution is 6.09. The fourth-order valence-corrected chi connectivity index (χ4v) is 3.40. The van der Waals surface area contributed by atoms with E-state index in [0.29, 0.717) is 23.4 Å². The number of carbonyl (C=O) groups is 2. The monoisotopic (exact) mass is 424 g/mol. The van der Waals surface area contributed by atoms with Crippen LogP contribution in [0.5, 0.6) is 0 Å². The molecule has 0 aliphatic heterocycles. The summed E-state index contributed by atoms with van der Waals surface area (Å²) in [5.41, 5.74) is 5.53. The molecule has 1 aromatic heterocycles. The van der Waals surface area contributed by atoms with Crippen molar-refractivity contribution in [2.75, 3.05) is 11.9 Å². The summed E-state index contributed by atoms with van der Waals surface area (Å²) in [6, 6.07) is 24.6. The molecule has 0 atom stereocenters. The van der Waals surface area contributed by atoms with E-state index in [1.165, 1.54) is 0 Å². The second kappa shape index (κ2) is 9.31. The molecule has 2 amide bonds. The van der Waals surface area contributed by atoms with Crippen molar-refractivity contribution in [3.8, 4) is 11.3 Å². The summed E-state index contributed by atoms with van der Waals surface area (Å²) >= 11 is 0.